The standard InChI is InChI=1S/C49H22F4O8S4/c50-31-15-25-26(16-32(31)51)39(55)29(38(25)54)11-23-12-35-37(49(23,47(58)60-19-21-7-3-1-4-8-21)48(59)61-20-22-9-5-2-6-10-22)43-45(63-35)46-44(65-43)42-36(64-46)14-24(62-42)13-30-40(56)27-17-33(52)34(53)18-28(27)41(30)57/h1-18H,19-20H2. The minimum atomic E-state index is -2.43. The average Bonchev–Trinajstić information content (AvgIpc) is 4.15. The van der Waals surface area contributed by atoms with E-state index in [2.05, 4.69) is 0 Å². The third-order valence-corrected chi connectivity index (χ3v) is 16.7. The van der Waals surface area contributed by atoms with Gasteiger partial charge >= 0.3 is 11.9 Å². The molecule has 4 heterocycles. The van der Waals surface area contributed by atoms with Gasteiger partial charge in [0.2, 0.25) is 5.41 Å². The molecule has 0 atom stereocenters. The molecule has 0 radical (unpaired) electrons. The number of halogens is 4. The Morgan fingerprint density at radius 1 is 0.523 bits per heavy atom. The molecule has 0 aliphatic heterocycles. The Morgan fingerprint density at radius 2 is 0.969 bits per heavy atom. The van der Waals surface area contributed by atoms with Gasteiger partial charge in [0.25, 0.3) is 0 Å². The SMILES string of the molecule is O=C1C(=CC2=Cc3sc4c(sc5c6sc(C=C7C(=O)c8cc(F)c(F)cc8C7=O)cc6sc45)c3C2(C(=O)OCc2ccccc2)C(=O)OCc2ccccc2)C(=O)c2cc(F)c(F)cc21. The van der Waals surface area contributed by atoms with Crippen LogP contribution < -0.4 is 0 Å². The van der Waals surface area contributed by atoms with Crippen molar-refractivity contribution in [2.24, 2.45) is 0 Å². The molecule has 16 heteroatoms. The van der Waals surface area contributed by atoms with Crippen molar-refractivity contribution in [3.8, 4) is 0 Å². The van der Waals surface area contributed by atoms with Crippen LogP contribution in [0.3, 0.4) is 0 Å². The molecule has 0 spiro atoms. The smallest absolute Gasteiger partial charge is 0.333 e. The van der Waals surface area contributed by atoms with Crippen molar-refractivity contribution in [1.82, 2.24) is 0 Å². The quantitative estimate of drug-likeness (QED) is 0.0485. The van der Waals surface area contributed by atoms with Gasteiger partial charge in [0.1, 0.15) is 13.2 Å². The molecule has 8 nitrogen and oxygen atoms in total. The maximum Gasteiger partial charge on any atom is 0.333 e. The molecule has 0 saturated carbocycles. The van der Waals surface area contributed by atoms with Crippen LogP contribution in [0.15, 0.2) is 114 Å². The van der Waals surface area contributed by atoms with Crippen LogP contribution in [-0.2, 0) is 37.7 Å². The van der Waals surface area contributed by atoms with E-state index >= 15 is 9.59 Å². The minimum absolute atomic E-state index is 0.124. The summed E-state index contributed by atoms with van der Waals surface area (Å²) in [6, 6.07) is 21.9. The predicted octanol–water partition coefficient (Wildman–Crippen LogP) is 11.5. The number of hydrogen-bond donors (Lipinski definition) is 0. The van der Waals surface area contributed by atoms with E-state index in [0.717, 1.165) is 41.7 Å². The lowest BCUT2D eigenvalue weighted by Gasteiger charge is -2.28. The molecule has 65 heavy (non-hydrogen) atoms. The van der Waals surface area contributed by atoms with Crippen molar-refractivity contribution in [2.45, 2.75) is 18.6 Å². The monoisotopic (exact) mass is 942 g/mol. The van der Waals surface area contributed by atoms with E-state index in [1.807, 2.05) is 0 Å². The van der Waals surface area contributed by atoms with E-state index in [4.69, 9.17) is 9.47 Å². The molecule has 0 saturated heterocycles. The van der Waals surface area contributed by atoms with Gasteiger partial charge in [-0.1, -0.05) is 60.7 Å². The lowest BCUT2D eigenvalue weighted by atomic mass is 9.76. The van der Waals surface area contributed by atoms with Crippen LogP contribution in [0.4, 0.5) is 17.6 Å². The summed E-state index contributed by atoms with van der Waals surface area (Å²) >= 11 is 5.20. The van der Waals surface area contributed by atoms with Crippen LogP contribution >= 0.6 is 45.3 Å². The molecule has 3 aliphatic rings. The van der Waals surface area contributed by atoms with E-state index in [1.54, 1.807) is 66.7 Å². The van der Waals surface area contributed by atoms with Gasteiger partial charge in [-0.05, 0) is 65.3 Å². The third kappa shape index (κ3) is 6.19. The van der Waals surface area contributed by atoms with Crippen molar-refractivity contribution < 1.29 is 55.8 Å². The summed E-state index contributed by atoms with van der Waals surface area (Å²) in [5, 5.41) is 0. The number of esters is 2. The molecule has 0 N–H and O–H groups in total. The van der Waals surface area contributed by atoms with E-state index in [0.29, 0.717) is 37.7 Å². The molecule has 0 amide bonds. The van der Waals surface area contributed by atoms with Gasteiger partial charge in [0.15, 0.2) is 46.4 Å². The number of carbonyl (C=O) groups excluding carboxylic acids is 6. The number of fused-ring (bicyclic) bond motifs is 9. The molecule has 11 rings (SSSR count). The topological polar surface area (TPSA) is 121 Å². The molecule has 318 valence electrons. The fraction of sp³-hybridized carbons (Fsp3) is 0.0612. The zero-order valence-electron chi connectivity index (χ0n) is 32.7. The second kappa shape index (κ2) is 15.1. The molecule has 0 unspecified atom stereocenters. The molecule has 4 aromatic carbocycles. The second-order valence-electron chi connectivity index (χ2n) is 15.2. The molecule has 3 aliphatic carbocycles. The van der Waals surface area contributed by atoms with Crippen LogP contribution in [0, 0.1) is 23.3 Å². The first-order chi connectivity index (χ1) is 31.3. The van der Waals surface area contributed by atoms with Gasteiger partial charge in [0.05, 0.1) is 34.6 Å². The second-order valence-corrected chi connectivity index (χ2v) is 19.4. The summed E-state index contributed by atoms with van der Waals surface area (Å²) in [6.07, 6.45) is 4.02. The van der Waals surface area contributed by atoms with Crippen LogP contribution in [0.2, 0.25) is 0 Å². The summed E-state index contributed by atoms with van der Waals surface area (Å²) in [7, 11) is 0. The van der Waals surface area contributed by atoms with E-state index < -0.39 is 69.3 Å². The Bertz CT molecular complexity index is 3470. The Kier molecular flexibility index (Phi) is 9.44. The van der Waals surface area contributed by atoms with E-state index in [9.17, 15) is 36.7 Å². The van der Waals surface area contributed by atoms with Crippen LogP contribution in [0.25, 0.3) is 40.4 Å². The van der Waals surface area contributed by atoms with Gasteiger partial charge in [-0.2, -0.15) is 0 Å². The number of thiophene rings is 4. The Morgan fingerprint density at radius 3 is 1.46 bits per heavy atom. The van der Waals surface area contributed by atoms with Gasteiger partial charge in [-0.25, -0.2) is 17.6 Å². The van der Waals surface area contributed by atoms with Crippen LogP contribution in [-0.4, -0.2) is 35.1 Å². The van der Waals surface area contributed by atoms with E-state index in [-0.39, 0.29) is 52.2 Å². The molecule has 4 aromatic heterocycles. The summed E-state index contributed by atoms with van der Waals surface area (Å²) in [5.41, 5.74) is -3.11. The highest BCUT2D eigenvalue weighted by molar-refractivity contribution is 7.44. The van der Waals surface area contributed by atoms with Gasteiger partial charge < -0.3 is 9.47 Å². The molecule has 0 fully saturated rings. The Labute approximate surface area is 379 Å². The highest BCUT2D eigenvalue weighted by atomic mass is 32.1. The zero-order valence-corrected chi connectivity index (χ0v) is 36.0. The number of ketones is 4. The first kappa shape index (κ1) is 40.8. The number of benzene rings is 4. The number of ether oxygens (including phenoxy) is 2. The molecule has 0 bridgehead atoms. The largest absolute Gasteiger partial charge is 0.459 e. The van der Waals surface area contributed by atoms with Crippen molar-refractivity contribution in [2.75, 3.05) is 0 Å². The lowest BCUT2D eigenvalue weighted by molar-refractivity contribution is -0.164. The summed E-state index contributed by atoms with van der Waals surface area (Å²) in [5.74, 6) is -10.6. The fourth-order valence-electron chi connectivity index (χ4n) is 8.36. The predicted molar refractivity (Wildman–Crippen MR) is 239 cm³/mol. The van der Waals surface area contributed by atoms with Crippen molar-refractivity contribution >= 4 is 121 Å². The molecule has 8 aromatic rings. The summed E-state index contributed by atoms with van der Waals surface area (Å²) in [6.45, 7) is -0.537. The third-order valence-electron chi connectivity index (χ3n) is 11.4. The maximum atomic E-state index is 15.1. The lowest BCUT2D eigenvalue weighted by Crippen LogP contribution is -2.46. The maximum absolute atomic E-state index is 15.1. The molecular weight excluding hydrogens is 921 g/mol. The van der Waals surface area contributed by atoms with Crippen molar-refractivity contribution in [3.05, 3.63) is 186 Å². The summed E-state index contributed by atoms with van der Waals surface area (Å²) in [4.78, 5) is 85.1. The van der Waals surface area contributed by atoms with Gasteiger partial charge in [0, 0.05) is 42.3 Å². The van der Waals surface area contributed by atoms with Crippen molar-refractivity contribution in [1.29, 1.82) is 0 Å². The minimum Gasteiger partial charge on any atom is -0.459 e. The average molecular weight is 943 g/mol. The normalized spacial score (nSPS) is 15.0. The van der Waals surface area contributed by atoms with E-state index in [1.165, 1.54) is 57.5 Å². The zero-order chi connectivity index (χ0) is 45.1. The number of allylic oxidation sites excluding steroid dienone is 3. The van der Waals surface area contributed by atoms with Crippen LogP contribution in [0.5, 0.6) is 0 Å². The highest BCUT2D eigenvalue weighted by Gasteiger charge is 2.59. The number of hydrogen-bond acceptors (Lipinski definition) is 12. The first-order valence-electron chi connectivity index (χ1n) is 19.5. The fourth-order valence-corrected chi connectivity index (χ4v) is 14.3. The highest BCUT2D eigenvalue weighted by Crippen LogP contribution is 2.58. The molecular formula is C49H22F4O8S4. The van der Waals surface area contributed by atoms with Crippen molar-refractivity contribution in [3.63, 3.8) is 0 Å². The number of rotatable bonds is 8. The van der Waals surface area contributed by atoms with Gasteiger partial charge in [-0.15, -0.1) is 45.3 Å². The summed E-state index contributed by atoms with van der Waals surface area (Å²) < 4.78 is 73.2. The van der Waals surface area contributed by atoms with Crippen LogP contribution in [0.1, 0.15) is 67.9 Å². The number of carbonyl (C=O) groups is 6. The Balaban J connectivity index is 1.07. The number of Topliss-reactive ketones (excluding diaryl/α,β-unsaturated/α-hetero) is 4. The Hall–Kier alpha value is -6.98. The first-order valence-corrected chi connectivity index (χ1v) is 22.8. The van der Waals surface area contributed by atoms with Gasteiger partial charge in [-0.3, -0.25) is 28.8 Å².